The molecule has 0 aliphatic carbocycles. The van der Waals surface area contributed by atoms with Crippen LogP contribution in [-0.2, 0) is 17.8 Å². The van der Waals surface area contributed by atoms with Gasteiger partial charge in [0.15, 0.2) is 0 Å². The van der Waals surface area contributed by atoms with Crippen LogP contribution in [0.2, 0.25) is 5.02 Å². The summed E-state index contributed by atoms with van der Waals surface area (Å²) in [5.41, 5.74) is 1.50. The van der Waals surface area contributed by atoms with E-state index in [4.69, 9.17) is 11.6 Å². The third-order valence-electron chi connectivity index (χ3n) is 3.69. The number of carbonyl (C=O) groups is 1. The second-order valence-corrected chi connectivity index (χ2v) is 5.86. The molecular formula is C18H16ClN3O2. The zero-order chi connectivity index (χ0) is 16.9. The average molecular weight is 342 g/mol. The van der Waals surface area contributed by atoms with Crippen molar-refractivity contribution < 1.29 is 4.79 Å². The lowest BCUT2D eigenvalue weighted by atomic mass is 10.1. The van der Waals surface area contributed by atoms with Crippen LogP contribution in [0, 0.1) is 0 Å². The van der Waals surface area contributed by atoms with E-state index in [0.29, 0.717) is 28.9 Å². The number of benzene rings is 2. The third-order valence-corrected chi connectivity index (χ3v) is 3.95. The predicted octanol–water partition coefficient (Wildman–Crippen LogP) is 2.41. The molecule has 0 saturated heterocycles. The third kappa shape index (κ3) is 3.81. The summed E-state index contributed by atoms with van der Waals surface area (Å²) in [6, 6.07) is 14.6. The van der Waals surface area contributed by atoms with E-state index in [1.54, 1.807) is 18.2 Å². The highest BCUT2D eigenvalue weighted by Gasteiger charge is 2.07. The molecule has 6 heteroatoms. The Morgan fingerprint density at radius 1 is 1.12 bits per heavy atom. The van der Waals surface area contributed by atoms with E-state index in [-0.39, 0.29) is 18.0 Å². The van der Waals surface area contributed by atoms with Crippen LogP contribution in [0.1, 0.15) is 5.56 Å². The summed E-state index contributed by atoms with van der Waals surface area (Å²) in [6.07, 6.45) is 2.11. The van der Waals surface area contributed by atoms with Crippen molar-refractivity contribution in [3.05, 3.63) is 75.8 Å². The molecule has 1 aromatic heterocycles. The van der Waals surface area contributed by atoms with E-state index in [1.807, 2.05) is 30.3 Å². The fraction of sp³-hybridized carbons (Fsp3) is 0.167. The largest absolute Gasteiger partial charge is 0.354 e. The van der Waals surface area contributed by atoms with Crippen molar-refractivity contribution in [2.24, 2.45) is 0 Å². The van der Waals surface area contributed by atoms with E-state index >= 15 is 0 Å². The summed E-state index contributed by atoms with van der Waals surface area (Å²) in [5.74, 6) is -0.219. The molecule has 24 heavy (non-hydrogen) atoms. The van der Waals surface area contributed by atoms with Crippen molar-refractivity contribution >= 4 is 28.4 Å². The zero-order valence-electron chi connectivity index (χ0n) is 12.9. The molecule has 0 aliphatic rings. The van der Waals surface area contributed by atoms with Crippen LogP contribution < -0.4 is 10.9 Å². The molecule has 0 fully saturated rings. The van der Waals surface area contributed by atoms with Gasteiger partial charge in [-0.1, -0.05) is 35.9 Å². The van der Waals surface area contributed by atoms with Crippen molar-refractivity contribution in [1.82, 2.24) is 14.9 Å². The number of nitrogens with zero attached hydrogens (tertiary/aromatic N) is 2. The number of hydrogen-bond acceptors (Lipinski definition) is 3. The van der Waals surface area contributed by atoms with E-state index in [9.17, 15) is 9.59 Å². The summed E-state index contributed by atoms with van der Waals surface area (Å²) in [7, 11) is 0. The highest BCUT2D eigenvalue weighted by Crippen LogP contribution is 2.09. The molecule has 0 atom stereocenters. The quantitative estimate of drug-likeness (QED) is 0.775. The van der Waals surface area contributed by atoms with Crippen molar-refractivity contribution in [2.45, 2.75) is 13.0 Å². The van der Waals surface area contributed by atoms with Crippen molar-refractivity contribution in [1.29, 1.82) is 0 Å². The summed E-state index contributed by atoms with van der Waals surface area (Å²) in [5, 5.41) is 4.00. The monoisotopic (exact) mass is 341 g/mol. The molecule has 0 radical (unpaired) electrons. The first kappa shape index (κ1) is 16.2. The van der Waals surface area contributed by atoms with Gasteiger partial charge in [0.25, 0.3) is 5.56 Å². The molecule has 1 amide bonds. The predicted molar refractivity (Wildman–Crippen MR) is 94.2 cm³/mol. The van der Waals surface area contributed by atoms with Gasteiger partial charge in [-0.15, -0.1) is 0 Å². The Balaban J connectivity index is 1.60. The van der Waals surface area contributed by atoms with Gasteiger partial charge in [-0.3, -0.25) is 14.2 Å². The van der Waals surface area contributed by atoms with Crippen molar-refractivity contribution in [3.8, 4) is 0 Å². The van der Waals surface area contributed by atoms with Crippen LogP contribution in [0.5, 0.6) is 0 Å². The number of amides is 1. The lowest BCUT2D eigenvalue weighted by Crippen LogP contribution is -2.33. The molecule has 122 valence electrons. The molecule has 5 nitrogen and oxygen atoms in total. The van der Waals surface area contributed by atoms with Gasteiger partial charge in [-0.05, 0) is 36.2 Å². The minimum atomic E-state index is -0.219. The Morgan fingerprint density at radius 2 is 1.88 bits per heavy atom. The maximum Gasteiger partial charge on any atom is 0.261 e. The van der Waals surface area contributed by atoms with Crippen LogP contribution >= 0.6 is 11.6 Å². The topological polar surface area (TPSA) is 64.0 Å². The molecule has 0 unspecified atom stereocenters. The maximum absolute atomic E-state index is 12.3. The lowest BCUT2D eigenvalue weighted by molar-refractivity contribution is -0.121. The zero-order valence-corrected chi connectivity index (χ0v) is 13.7. The summed E-state index contributed by atoms with van der Waals surface area (Å²) < 4.78 is 1.32. The van der Waals surface area contributed by atoms with Crippen molar-refractivity contribution in [2.75, 3.05) is 6.54 Å². The maximum atomic E-state index is 12.3. The second-order valence-electron chi connectivity index (χ2n) is 5.42. The normalized spacial score (nSPS) is 10.7. The Kier molecular flexibility index (Phi) is 4.91. The molecule has 1 N–H and O–H groups in total. The molecule has 3 aromatic rings. The fourth-order valence-corrected chi connectivity index (χ4v) is 2.55. The van der Waals surface area contributed by atoms with E-state index in [1.165, 1.54) is 10.9 Å². The Labute approximate surface area is 143 Å². The standard InChI is InChI=1S/C18H16ClN3O2/c19-14-7-5-13(6-8-14)9-10-20-17(23)11-22-12-21-16-4-2-1-3-15(16)18(22)24/h1-8,12H,9-11H2,(H,20,23). The highest BCUT2D eigenvalue weighted by atomic mass is 35.5. The first-order chi connectivity index (χ1) is 11.6. The van der Waals surface area contributed by atoms with Gasteiger partial charge in [-0.25, -0.2) is 4.98 Å². The van der Waals surface area contributed by atoms with E-state index in [0.717, 1.165) is 5.56 Å². The number of hydrogen-bond donors (Lipinski definition) is 1. The van der Waals surface area contributed by atoms with Gasteiger partial charge >= 0.3 is 0 Å². The molecule has 0 saturated carbocycles. The molecule has 2 aromatic carbocycles. The minimum absolute atomic E-state index is 0.0444. The number of rotatable bonds is 5. The fourth-order valence-electron chi connectivity index (χ4n) is 2.43. The Hall–Kier alpha value is -2.66. The summed E-state index contributed by atoms with van der Waals surface area (Å²) in [6.45, 7) is 0.452. The number of nitrogens with one attached hydrogen (secondary N) is 1. The van der Waals surface area contributed by atoms with Gasteiger partial charge in [0.2, 0.25) is 5.91 Å². The number of para-hydroxylation sites is 1. The number of aromatic nitrogens is 2. The highest BCUT2D eigenvalue weighted by molar-refractivity contribution is 6.30. The molecule has 1 heterocycles. The van der Waals surface area contributed by atoms with Gasteiger partial charge in [0.1, 0.15) is 6.54 Å². The Morgan fingerprint density at radius 3 is 2.67 bits per heavy atom. The molecule has 3 rings (SSSR count). The van der Waals surface area contributed by atoms with Crippen LogP contribution in [0.25, 0.3) is 10.9 Å². The van der Waals surface area contributed by atoms with Crippen LogP contribution in [0.15, 0.2) is 59.7 Å². The van der Waals surface area contributed by atoms with E-state index in [2.05, 4.69) is 10.3 Å². The SMILES string of the molecule is O=C(Cn1cnc2ccccc2c1=O)NCCc1ccc(Cl)cc1. The first-order valence-corrected chi connectivity index (χ1v) is 7.96. The lowest BCUT2D eigenvalue weighted by Gasteiger charge is -2.08. The molecule has 0 bridgehead atoms. The number of fused-ring (bicyclic) bond motifs is 1. The second kappa shape index (κ2) is 7.27. The number of halogens is 1. The van der Waals surface area contributed by atoms with Gasteiger partial charge in [-0.2, -0.15) is 0 Å². The van der Waals surface area contributed by atoms with Crippen LogP contribution in [0.3, 0.4) is 0 Å². The smallest absolute Gasteiger partial charge is 0.261 e. The van der Waals surface area contributed by atoms with E-state index < -0.39 is 0 Å². The first-order valence-electron chi connectivity index (χ1n) is 7.59. The van der Waals surface area contributed by atoms with Gasteiger partial charge in [0, 0.05) is 11.6 Å². The molecular weight excluding hydrogens is 326 g/mol. The average Bonchev–Trinajstić information content (AvgIpc) is 2.59. The van der Waals surface area contributed by atoms with Crippen LogP contribution in [0.4, 0.5) is 0 Å². The molecule has 0 aliphatic heterocycles. The molecule has 0 spiro atoms. The van der Waals surface area contributed by atoms with Gasteiger partial charge in [0.05, 0.1) is 17.2 Å². The van der Waals surface area contributed by atoms with Crippen molar-refractivity contribution in [3.63, 3.8) is 0 Å². The van der Waals surface area contributed by atoms with Crippen LogP contribution in [-0.4, -0.2) is 22.0 Å². The number of carbonyl (C=O) groups excluding carboxylic acids is 1. The minimum Gasteiger partial charge on any atom is -0.354 e. The van der Waals surface area contributed by atoms with Gasteiger partial charge < -0.3 is 5.32 Å². The summed E-state index contributed by atoms with van der Waals surface area (Å²) >= 11 is 5.83. The summed E-state index contributed by atoms with van der Waals surface area (Å²) in [4.78, 5) is 28.5. The Bertz CT molecular complexity index is 919.